The van der Waals surface area contributed by atoms with E-state index in [1.165, 1.54) is 0 Å². The van der Waals surface area contributed by atoms with Crippen molar-refractivity contribution in [2.45, 2.75) is 39.4 Å². The van der Waals surface area contributed by atoms with Crippen molar-refractivity contribution in [3.63, 3.8) is 0 Å². The van der Waals surface area contributed by atoms with Gasteiger partial charge < -0.3 is 19.7 Å². The number of hydrogen-bond acceptors (Lipinski definition) is 4. The van der Waals surface area contributed by atoms with Crippen molar-refractivity contribution in [2.75, 3.05) is 14.2 Å². The molecule has 6 heteroatoms. The first-order valence-corrected chi connectivity index (χ1v) is 9.31. The van der Waals surface area contributed by atoms with E-state index in [1.54, 1.807) is 33.0 Å². The van der Waals surface area contributed by atoms with Gasteiger partial charge in [-0.25, -0.2) is 0 Å². The Bertz CT molecular complexity index is 772. The smallest absolute Gasteiger partial charge is 0.242 e. The number of amides is 2. The average molecular weight is 384 g/mol. The molecule has 6 nitrogen and oxygen atoms in total. The predicted octanol–water partition coefficient (Wildman–Crippen LogP) is 3.15. The maximum atomic E-state index is 12.6. The number of carbonyl (C=O) groups excluding carboxylic acids is 2. The van der Waals surface area contributed by atoms with Gasteiger partial charge in [0.25, 0.3) is 0 Å². The van der Waals surface area contributed by atoms with E-state index in [2.05, 4.69) is 5.32 Å². The molecule has 0 aliphatic carbocycles. The number of rotatable bonds is 9. The first-order chi connectivity index (χ1) is 13.5. The minimum atomic E-state index is -0.576. The fourth-order valence-corrected chi connectivity index (χ4v) is 2.79. The summed E-state index contributed by atoms with van der Waals surface area (Å²) in [6.45, 7) is 4.31. The molecule has 0 saturated heterocycles. The zero-order chi connectivity index (χ0) is 20.5. The lowest BCUT2D eigenvalue weighted by Gasteiger charge is -2.28. The van der Waals surface area contributed by atoms with Crippen LogP contribution in [0.5, 0.6) is 11.5 Å². The lowest BCUT2D eigenvalue weighted by Crippen LogP contribution is -2.47. The molecule has 28 heavy (non-hydrogen) atoms. The third-order valence-corrected chi connectivity index (χ3v) is 4.61. The Balaban J connectivity index is 2.02. The third kappa shape index (κ3) is 5.74. The van der Waals surface area contributed by atoms with Crippen molar-refractivity contribution in [1.82, 2.24) is 10.2 Å². The van der Waals surface area contributed by atoms with Gasteiger partial charge in [-0.1, -0.05) is 31.2 Å². The SMILES string of the molecule is CCC(=O)N(Cc1ccc(OC)cc1)[C@H](C)C(=O)NCc1ccc(OC)cc1. The van der Waals surface area contributed by atoms with Crippen molar-refractivity contribution >= 4 is 11.8 Å². The molecule has 0 aliphatic heterocycles. The minimum absolute atomic E-state index is 0.0667. The van der Waals surface area contributed by atoms with Crippen LogP contribution in [0.2, 0.25) is 0 Å². The van der Waals surface area contributed by atoms with Crippen molar-refractivity contribution in [3.8, 4) is 11.5 Å². The summed E-state index contributed by atoms with van der Waals surface area (Å²) in [5.41, 5.74) is 1.90. The summed E-state index contributed by atoms with van der Waals surface area (Å²) in [6, 6.07) is 14.4. The van der Waals surface area contributed by atoms with Gasteiger partial charge in [-0.15, -0.1) is 0 Å². The predicted molar refractivity (Wildman–Crippen MR) is 108 cm³/mol. The molecule has 0 aliphatic rings. The fourth-order valence-electron chi connectivity index (χ4n) is 2.79. The summed E-state index contributed by atoms with van der Waals surface area (Å²) in [6.07, 6.45) is 0.340. The van der Waals surface area contributed by atoms with E-state index in [4.69, 9.17) is 9.47 Å². The van der Waals surface area contributed by atoms with E-state index in [1.807, 2.05) is 48.5 Å². The van der Waals surface area contributed by atoms with Gasteiger partial charge in [0.1, 0.15) is 17.5 Å². The molecule has 1 N–H and O–H groups in total. The van der Waals surface area contributed by atoms with Crippen LogP contribution in [0.4, 0.5) is 0 Å². The number of nitrogens with zero attached hydrogens (tertiary/aromatic N) is 1. The van der Waals surface area contributed by atoms with E-state index in [-0.39, 0.29) is 11.8 Å². The number of carbonyl (C=O) groups is 2. The van der Waals surface area contributed by atoms with E-state index in [9.17, 15) is 9.59 Å². The standard InChI is InChI=1S/C22H28N2O4/c1-5-21(25)24(15-18-8-12-20(28-4)13-9-18)16(2)22(26)23-14-17-6-10-19(27-3)11-7-17/h6-13,16H,5,14-15H2,1-4H3,(H,23,26)/t16-/m1/s1. The largest absolute Gasteiger partial charge is 0.497 e. The number of nitrogens with one attached hydrogen (secondary N) is 1. The molecule has 0 saturated carbocycles. The highest BCUT2D eigenvalue weighted by Gasteiger charge is 2.25. The van der Waals surface area contributed by atoms with Crippen LogP contribution in [0.15, 0.2) is 48.5 Å². The van der Waals surface area contributed by atoms with Crippen LogP contribution in [0, 0.1) is 0 Å². The summed E-state index contributed by atoms with van der Waals surface area (Å²) in [4.78, 5) is 26.7. The summed E-state index contributed by atoms with van der Waals surface area (Å²) in [5.74, 6) is 1.26. The number of methoxy groups -OCH3 is 2. The second-order valence-electron chi connectivity index (χ2n) is 6.47. The van der Waals surface area contributed by atoms with Crippen LogP contribution in [0.1, 0.15) is 31.4 Å². The van der Waals surface area contributed by atoms with E-state index >= 15 is 0 Å². The number of ether oxygens (including phenoxy) is 2. The van der Waals surface area contributed by atoms with Crippen LogP contribution in [0.3, 0.4) is 0 Å². The maximum absolute atomic E-state index is 12.6. The maximum Gasteiger partial charge on any atom is 0.242 e. The molecule has 150 valence electrons. The monoisotopic (exact) mass is 384 g/mol. The molecule has 0 heterocycles. The second-order valence-corrected chi connectivity index (χ2v) is 6.47. The molecule has 2 rings (SSSR count). The Morgan fingerprint density at radius 1 is 0.929 bits per heavy atom. The van der Waals surface area contributed by atoms with Gasteiger partial charge in [0.05, 0.1) is 14.2 Å². The van der Waals surface area contributed by atoms with Crippen molar-refractivity contribution in [2.24, 2.45) is 0 Å². The lowest BCUT2D eigenvalue weighted by atomic mass is 10.1. The van der Waals surface area contributed by atoms with Crippen LogP contribution in [-0.4, -0.2) is 37.0 Å². The first-order valence-electron chi connectivity index (χ1n) is 9.31. The van der Waals surface area contributed by atoms with Crippen LogP contribution < -0.4 is 14.8 Å². The van der Waals surface area contributed by atoms with E-state index in [0.29, 0.717) is 19.5 Å². The highest BCUT2D eigenvalue weighted by Crippen LogP contribution is 2.16. The van der Waals surface area contributed by atoms with Gasteiger partial charge in [-0.05, 0) is 42.3 Å². The second kappa shape index (κ2) is 10.3. The summed E-state index contributed by atoms with van der Waals surface area (Å²) >= 11 is 0. The normalized spacial score (nSPS) is 11.4. The Hall–Kier alpha value is -3.02. The van der Waals surface area contributed by atoms with Gasteiger partial charge in [0.15, 0.2) is 0 Å². The molecule has 2 amide bonds. The molecule has 0 unspecified atom stereocenters. The van der Waals surface area contributed by atoms with Gasteiger partial charge in [-0.3, -0.25) is 9.59 Å². The Morgan fingerprint density at radius 3 is 1.89 bits per heavy atom. The highest BCUT2D eigenvalue weighted by atomic mass is 16.5. The van der Waals surface area contributed by atoms with Crippen molar-refractivity contribution in [3.05, 3.63) is 59.7 Å². The third-order valence-electron chi connectivity index (χ3n) is 4.61. The van der Waals surface area contributed by atoms with Crippen LogP contribution in [0.25, 0.3) is 0 Å². The van der Waals surface area contributed by atoms with E-state index in [0.717, 1.165) is 22.6 Å². The molecular weight excluding hydrogens is 356 g/mol. The summed E-state index contributed by atoms with van der Waals surface area (Å²) in [7, 11) is 3.22. The first kappa shape index (κ1) is 21.3. The van der Waals surface area contributed by atoms with Crippen molar-refractivity contribution < 1.29 is 19.1 Å². The van der Waals surface area contributed by atoms with Crippen LogP contribution in [-0.2, 0) is 22.7 Å². The Kier molecular flexibility index (Phi) is 7.87. The van der Waals surface area contributed by atoms with Gasteiger partial charge in [0.2, 0.25) is 11.8 Å². The molecule has 2 aromatic rings. The summed E-state index contributed by atoms with van der Waals surface area (Å²) < 4.78 is 10.3. The molecule has 0 bridgehead atoms. The molecule has 0 aromatic heterocycles. The molecule has 1 atom stereocenters. The van der Waals surface area contributed by atoms with E-state index < -0.39 is 6.04 Å². The minimum Gasteiger partial charge on any atom is -0.497 e. The number of benzene rings is 2. The lowest BCUT2D eigenvalue weighted by molar-refractivity contribution is -0.140. The zero-order valence-corrected chi connectivity index (χ0v) is 16.9. The van der Waals surface area contributed by atoms with Gasteiger partial charge >= 0.3 is 0 Å². The fraction of sp³-hybridized carbons (Fsp3) is 0.364. The Morgan fingerprint density at radius 2 is 1.43 bits per heavy atom. The van der Waals surface area contributed by atoms with Gasteiger partial charge in [-0.2, -0.15) is 0 Å². The van der Waals surface area contributed by atoms with Crippen LogP contribution >= 0.6 is 0 Å². The zero-order valence-electron chi connectivity index (χ0n) is 16.9. The quantitative estimate of drug-likeness (QED) is 0.721. The molecule has 0 spiro atoms. The molecule has 0 radical (unpaired) electrons. The highest BCUT2D eigenvalue weighted by molar-refractivity contribution is 5.87. The molecular formula is C22H28N2O4. The van der Waals surface area contributed by atoms with Gasteiger partial charge in [0, 0.05) is 19.5 Å². The topological polar surface area (TPSA) is 67.9 Å². The number of hydrogen-bond donors (Lipinski definition) is 1. The summed E-state index contributed by atoms with van der Waals surface area (Å²) in [5, 5.41) is 2.91. The molecule has 2 aromatic carbocycles. The van der Waals surface area contributed by atoms with Crippen molar-refractivity contribution in [1.29, 1.82) is 0 Å². The average Bonchev–Trinajstić information content (AvgIpc) is 2.75. The Labute approximate surface area is 166 Å². The molecule has 0 fully saturated rings.